The molecular formula is C50H33NS. The fraction of sp³-hybridized carbons (Fsp3) is 0. The maximum atomic E-state index is 2.44. The van der Waals surface area contributed by atoms with Gasteiger partial charge in [0.05, 0.1) is 11.4 Å². The highest BCUT2D eigenvalue weighted by molar-refractivity contribution is 7.25. The van der Waals surface area contributed by atoms with Crippen molar-refractivity contribution >= 4 is 70.1 Å². The van der Waals surface area contributed by atoms with Gasteiger partial charge in [0.2, 0.25) is 0 Å². The van der Waals surface area contributed by atoms with Crippen LogP contribution in [0.4, 0.5) is 17.1 Å². The number of benzene rings is 9. The van der Waals surface area contributed by atoms with Gasteiger partial charge in [-0.15, -0.1) is 11.3 Å². The van der Waals surface area contributed by atoms with Gasteiger partial charge < -0.3 is 4.90 Å². The van der Waals surface area contributed by atoms with Gasteiger partial charge in [0.25, 0.3) is 0 Å². The Morgan fingerprint density at radius 3 is 1.69 bits per heavy atom. The Bertz CT molecular complexity index is 2890. The molecular weight excluding hydrogens is 647 g/mol. The van der Waals surface area contributed by atoms with Crippen LogP contribution in [0.3, 0.4) is 0 Å². The fourth-order valence-corrected chi connectivity index (χ4v) is 8.87. The zero-order valence-electron chi connectivity index (χ0n) is 28.4. The van der Waals surface area contributed by atoms with E-state index in [2.05, 4.69) is 205 Å². The second kappa shape index (κ2) is 12.7. The van der Waals surface area contributed by atoms with E-state index in [1.54, 1.807) is 0 Å². The van der Waals surface area contributed by atoms with Gasteiger partial charge in [-0.1, -0.05) is 158 Å². The van der Waals surface area contributed by atoms with Crippen molar-refractivity contribution in [1.82, 2.24) is 0 Å². The Balaban J connectivity index is 1.09. The zero-order valence-corrected chi connectivity index (χ0v) is 29.2. The second-order valence-electron chi connectivity index (χ2n) is 13.3. The number of hydrogen-bond acceptors (Lipinski definition) is 2. The van der Waals surface area contributed by atoms with Crippen molar-refractivity contribution in [2.45, 2.75) is 0 Å². The Morgan fingerprint density at radius 2 is 0.865 bits per heavy atom. The van der Waals surface area contributed by atoms with Crippen LogP contribution in [0.15, 0.2) is 200 Å². The maximum absolute atomic E-state index is 2.44. The number of anilines is 3. The van der Waals surface area contributed by atoms with Crippen LogP contribution in [0.2, 0.25) is 0 Å². The van der Waals surface area contributed by atoms with Gasteiger partial charge in [0.15, 0.2) is 0 Å². The van der Waals surface area contributed by atoms with E-state index < -0.39 is 0 Å². The molecule has 0 aliphatic carbocycles. The van der Waals surface area contributed by atoms with E-state index in [9.17, 15) is 0 Å². The first-order valence-corrected chi connectivity index (χ1v) is 18.6. The highest BCUT2D eigenvalue weighted by Crippen LogP contribution is 2.47. The lowest BCUT2D eigenvalue weighted by Gasteiger charge is -2.29. The summed E-state index contributed by atoms with van der Waals surface area (Å²) in [5.74, 6) is 0. The van der Waals surface area contributed by atoms with E-state index in [0.29, 0.717) is 0 Å². The molecule has 0 atom stereocenters. The predicted molar refractivity (Wildman–Crippen MR) is 225 cm³/mol. The van der Waals surface area contributed by atoms with Crippen LogP contribution in [0.25, 0.3) is 75.1 Å². The molecule has 1 heterocycles. The zero-order chi connectivity index (χ0) is 34.4. The van der Waals surface area contributed by atoms with Crippen molar-refractivity contribution in [3.63, 3.8) is 0 Å². The van der Waals surface area contributed by atoms with Crippen LogP contribution in [-0.2, 0) is 0 Å². The summed E-state index contributed by atoms with van der Waals surface area (Å²) in [6.45, 7) is 0. The Morgan fingerprint density at radius 1 is 0.327 bits per heavy atom. The first-order chi connectivity index (χ1) is 25.8. The van der Waals surface area contributed by atoms with Crippen LogP contribution in [0.1, 0.15) is 0 Å². The van der Waals surface area contributed by atoms with Crippen molar-refractivity contribution < 1.29 is 0 Å². The number of thiophene rings is 1. The first kappa shape index (κ1) is 30.4. The molecule has 0 radical (unpaired) electrons. The number of fused-ring (bicyclic) bond motifs is 5. The van der Waals surface area contributed by atoms with Crippen molar-refractivity contribution in [3.8, 4) is 33.4 Å². The van der Waals surface area contributed by atoms with Gasteiger partial charge in [-0.3, -0.25) is 0 Å². The van der Waals surface area contributed by atoms with E-state index in [4.69, 9.17) is 0 Å². The SMILES string of the molecule is c1ccc(N(c2ccc(-c3ccc(-c4ccc5ccccc5c4)cc3)cc2)c2cccc3ccccc23)c(-c2cccc3sc4ccccc4c23)c1. The quantitative estimate of drug-likeness (QED) is 0.169. The summed E-state index contributed by atoms with van der Waals surface area (Å²) < 4.78 is 2.62. The molecule has 0 amide bonds. The second-order valence-corrected chi connectivity index (χ2v) is 14.4. The molecule has 9 aromatic carbocycles. The summed E-state index contributed by atoms with van der Waals surface area (Å²) in [6, 6.07) is 72.9. The van der Waals surface area contributed by atoms with Gasteiger partial charge in [-0.25, -0.2) is 0 Å². The topological polar surface area (TPSA) is 3.24 Å². The van der Waals surface area contributed by atoms with Crippen LogP contribution >= 0.6 is 11.3 Å². The molecule has 10 aromatic rings. The van der Waals surface area contributed by atoms with Crippen LogP contribution < -0.4 is 4.90 Å². The monoisotopic (exact) mass is 679 g/mol. The molecule has 0 saturated heterocycles. The molecule has 1 nitrogen and oxygen atoms in total. The average molecular weight is 680 g/mol. The summed E-state index contributed by atoms with van der Waals surface area (Å²) >= 11 is 1.87. The van der Waals surface area contributed by atoms with E-state index in [-0.39, 0.29) is 0 Å². The molecule has 0 bridgehead atoms. The van der Waals surface area contributed by atoms with Gasteiger partial charge >= 0.3 is 0 Å². The largest absolute Gasteiger partial charge is 0.309 e. The smallest absolute Gasteiger partial charge is 0.0540 e. The lowest BCUT2D eigenvalue weighted by molar-refractivity contribution is 1.30. The number of para-hydroxylation sites is 1. The average Bonchev–Trinajstić information content (AvgIpc) is 3.61. The lowest BCUT2D eigenvalue weighted by atomic mass is 9.96. The predicted octanol–water partition coefficient (Wildman–Crippen LogP) is 14.8. The molecule has 244 valence electrons. The maximum Gasteiger partial charge on any atom is 0.0540 e. The molecule has 0 unspecified atom stereocenters. The third-order valence-corrected chi connectivity index (χ3v) is 11.4. The van der Waals surface area contributed by atoms with E-state index in [0.717, 1.165) is 17.1 Å². The van der Waals surface area contributed by atoms with Gasteiger partial charge in [-0.05, 0) is 86.4 Å². The van der Waals surface area contributed by atoms with Crippen molar-refractivity contribution in [2.24, 2.45) is 0 Å². The number of nitrogens with zero attached hydrogens (tertiary/aromatic N) is 1. The third kappa shape index (κ3) is 5.24. The van der Waals surface area contributed by atoms with Crippen molar-refractivity contribution in [3.05, 3.63) is 200 Å². The highest BCUT2D eigenvalue weighted by Gasteiger charge is 2.21. The summed E-state index contributed by atoms with van der Waals surface area (Å²) in [5.41, 5.74) is 10.7. The standard InChI is InChI=1S/C50H33NS/c1-2-13-39-33-40(28-27-34(39)11-1)37-25-23-35(24-26-37)36-29-31-41(32-30-36)51(46-20-9-14-38-12-3-4-15-42(38)46)47-19-7-5-16-43(47)44-18-10-22-49-50(44)45-17-6-8-21-48(45)52-49/h1-33H. The van der Waals surface area contributed by atoms with Crippen molar-refractivity contribution in [2.75, 3.05) is 4.90 Å². The molecule has 10 rings (SSSR count). The minimum Gasteiger partial charge on any atom is -0.309 e. The molecule has 0 spiro atoms. The number of rotatable bonds is 6. The summed E-state index contributed by atoms with van der Waals surface area (Å²) in [4.78, 5) is 2.44. The molecule has 52 heavy (non-hydrogen) atoms. The number of hydrogen-bond donors (Lipinski definition) is 0. The summed E-state index contributed by atoms with van der Waals surface area (Å²) in [7, 11) is 0. The molecule has 1 aromatic heterocycles. The normalized spacial score (nSPS) is 11.5. The van der Waals surface area contributed by atoms with Crippen LogP contribution in [0.5, 0.6) is 0 Å². The fourth-order valence-electron chi connectivity index (χ4n) is 7.73. The summed E-state index contributed by atoms with van der Waals surface area (Å²) in [6.07, 6.45) is 0. The molecule has 2 heteroatoms. The summed E-state index contributed by atoms with van der Waals surface area (Å²) in [5, 5.41) is 7.58. The third-order valence-electron chi connectivity index (χ3n) is 10.3. The van der Waals surface area contributed by atoms with Gasteiger partial charge in [0, 0.05) is 36.8 Å². The van der Waals surface area contributed by atoms with Gasteiger partial charge in [0.1, 0.15) is 0 Å². The van der Waals surface area contributed by atoms with E-state index in [1.165, 1.54) is 75.1 Å². The first-order valence-electron chi connectivity index (χ1n) is 17.8. The molecule has 0 N–H and O–H groups in total. The van der Waals surface area contributed by atoms with Crippen LogP contribution in [-0.4, -0.2) is 0 Å². The molecule has 0 saturated carbocycles. The molecule has 0 aliphatic heterocycles. The van der Waals surface area contributed by atoms with E-state index >= 15 is 0 Å². The highest BCUT2D eigenvalue weighted by atomic mass is 32.1. The molecule has 0 aliphatic rings. The Labute approximate surface area is 307 Å². The minimum absolute atomic E-state index is 1.11. The Hall–Kier alpha value is -6.48. The van der Waals surface area contributed by atoms with Crippen molar-refractivity contribution in [1.29, 1.82) is 0 Å². The van der Waals surface area contributed by atoms with Crippen LogP contribution in [0, 0.1) is 0 Å². The lowest BCUT2D eigenvalue weighted by Crippen LogP contribution is -2.11. The minimum atomic E-state index is 1.11. The van der Waals surface area contributed by atoms with E-state index in [1.807, 2.05) is 11.3 Å². The Kier molecular flexibility index (Phi) is 7.41. The van der Waals surface area contributed by atoms with Gasteiger partial charge in [-0.2, -0.15) is 0 Å². The molecule has 0 fully saturated rings.